The molecule has 1 aromatic carbocycles. The summed E-state index contributed by atoms with van der Waals surface area (Å²) in [5.74, 6) is 0.648. The van der Waals surface area contributed by atoms with Crippen LogP contribution >= 0.6 is 11.6 Å². The number of methoxy groups -OCH3 is 2. The molecule has 0 atom stereocenters. The smallest absolute Gasteiger partial charge is 0.137 e. The number of halogens is 1. The monoisotopic (exact) mass is 245 g/mol. The topological polar surface area (TPSA) is 39.7 Å². The van der Waals surface area contributed by atoms with Crippen molar-refractivity contribution >= 4 is 11.6 Å². The van der Waals surface area contributed by atoms with Crippen LogP contribution in [0.3, 0.4) is 0 Å². The van der Waals surface area contributed by atoms with Gasteiger partial charge in [0.15, 0.2) is 0 Å². The van der Waals surface area contributed by atoms with Crippen molar-refractivity contribution in [3.63, 3.8) is 0 Å². The Labute approximate surface area is 100 Å². The lowest BCUT2D eigenvalue weighted by molar-refractivity contribution is 0.0859. The van der Waals surface area contributed by atoms with E-state index >= 15 is 0 Å². The molecule has 0 aliphatic heterocycles. The Balaban J connectivity index is 2.98. The van der Waals surface area contributed by atoms with Gasteiger partial charge in [0.05, 0.1) is 25.8 Å². The largest absolute Gasteiger partial charge is 0.495 e. The summed E-state index contributed by atoms with van der Waals surface area (Å²) >= 11 is 6.05. The zero-order valence-electron chi connectivity index (χ0n) is 9.67. The molecule has 0 aliphatic carbocycles. The van der Waals surface area contributed by atoms with E-state index in [2.05, 4.69) is 5.48 Å². The molecule has 90 valence electrons. The van der Waals surface area contributed by atoms with Crippen molar-refractivity contribution in [1.82, 2.24) is 5.48 Å². The Kier molecular flexibility index (Phi) is 5.55. The molecule has 0 aliphatic rings. The van der Waals surface area contributed by atoms with E-state index in [4.69, 9.17) is 25.9 Å². The van der Waals surface area contributed by atoms with Crippen molar-refractivity contribution < 1.29 is 14.3 Å². The Morgan fingerprint density at radius 2 is 1.94 bits per heavy atom. The highest BCUT2D eigenvalue weighted by atomic mass is 35.5. The molecule has 0 spiro atoms. The zero-order chi connectivity index (χ0) is 12.0. The molecule has 0 unspecified atom stereocenters. The van der Waals surface area contributed by atoms with E-state index in [0.717, 1.165) is 11.1 Å². The number of rotatable bonds is 6. The summed E-state index contributed by atoms with van der Waals surface area (Å²) < 4.78 is 10.3. The van der Waals surface area contributed by atoms with Gasteiger partial charge >= 0.3 is 0 Å². The molecule has 16 heavy (non-hydrogen) atoms. The van der Waals surface area contributed by atoms with Gasteiger partial charge in [0.25, 0.3) is 0 Å². The van der Waals surface area contributed by atoms with Crippen LogP contribution in [0.5, 0.6) is 5.75 Å². The normalized spacial score (nSPS) is 10.5. The highest BCUT2D eigenvalue weighted by Gasteiger charge is 2.08. The predicted octanol–water partition coefficient (Wildman–Crippen LogP) is 2.15. The zero-order valence-corrected chi connectivity index (χ0v) is 10.4. The first-order valence-electron chi connectivity index (χ1n) is 4.83. The van der Waals surface area contributed by atoms with Gasteiger partial charge in [0.1, 0.15) is 5.75 Å². The van der Waals surface area contributed by atoms with Gasteiger partial charge in [-0.2, -0.15) is 5.48 Å². The Bertz CT molecular complexity index is 344. The van der Waals surface area contributed by atoms with Crippen LogP contribution in [0.15, 0.2) is 12.1 Å². The van der Waals surface area contributed by atoms with Crippen molar-refractivity contribution in [2.45, 2.75) is 13.2 Å². The van der Waals surface area contributed by atoms with Crippen molar-refractivity contribution in [1.29, 1.82) is 0 Å². The van der Waals surface area contributed by atoms with Gasteiger partial charge in [-0.25, -0.2) is 0 Å². The van der Waals surface area contributed by atoms with Crippen LogP contribution in [0.25, 0.3) is 0 Å². The lowest BCUT2D eigenvalue weighted by Crippen LogP contribution is -2.13. The average molecular weight is 246 g/mol. The summed E-state index contributed by atoms with van der Waals surface area (Å²) in [7, 11) is 4.81. The van der Waals surface area contributed by atoms with Crippen molar-refractivity contribution in [3.8, 4) is 5.75 Å². The van der Waals surface area contributed by atoms with E-state index in [9.17, 15) is 0 Å². The number of ether oxygens (including phenoxy) is 2. The summed E-state index contributed by atoms with van der Waals surface area (Å²) in [5.41, 5.74) is 4.82. The first kappa shape index (κ1) is 13.3. The van der Waals surface area contributed by atoms with Crippen LogP contribution in [-0.4, -0.2) is 21.3 Å². The molecule has 0 bridgehead atoms. The fourth-order valence-electron chi connectivity index (χ4n) is 1.40. The van der Waals surface area contributed by atoms with E-state index < -0.39 is 0 Å². The maximum atomic E-state index is 6.05. The molecule has 0 fully saturated rings. The lowest BCUT2D eigenvalue weighted by Gasteiger charge is -2.12. The molecule has 5 heteroatoms. The summed E-state index contributed by atoms with van der Waals surface area (Å²) in [4.78, 5) is 4.81. The minimum Gasteiger partial charge on any atom is -0.495 e. The van der Waals surface area contributed by atoms with E-state index in [1.807, 2.05) is 12.1 Å². The van der Waals surface area contributed by atoms with Crippen LogP contribution in [0.1, 0.15) is 11.1 Å². The van der Waals surface area contributed by atoms with E-state index in [1.54, 1.807) is 21.3 Å². The highest BCUT2D eigenvalue weighted by molar-refractivity contribution is 6.32. The van der Waals surface area contributed by atoms with Gasteiger partial charge in [0.2, 0.25) is 0 Å². The maximum absolute atomic E-state index is 6.05. The highest BCUT2D eigenvalue weighted by Crippen LogP contribution is 2.28. The van der Waals surface area contributed by atoms with Crippen molar-refractivity contribution in [2.75, 3.05) is 21.3 Å². The predicted molar refractivity (Wildman–Crippen MR) is 62.6 cm³/mol. The summed E-state index contributed by atoms with van der Waals surface area (Å²) in [5, 5.41) is 0.579. The van der Waals surface area contributed by atoms with Gasteiger partial charge in [-0.3, -0.25) is 0 Å². The third kappa shape index (κ3) is 3.35. The van der Waals surface area contributed by atoms with E-state index in [-0.39, 0.29) is 0 Å². The first-order chi connectivity index (χ1) is 7.72. The second-order valence-electron chi connectivity index (χ2n) is 3.21. The molecule has 0 heterocycles. The fourth-order valence-corrected chi connectivity index (χ4v) is 1.66. The number of hydroxylamine groups is 1. The number of hydrogen-bond donors (Lipinski definition) is 1. The third-order valence-corrected chi connectivity index (χ3v) is 2.48. The number of hydrogen-bond acceptors (Lipinski definition) is 4. The lowest BCUT2D eigenvalue weighted by atomic mass is 10.1. The molecule has 0 saturated carbocycles. The number of nitrogens with one attached hydrogen (secondary N) is 1. The molecule has 1 N–H and O–H groups in total. The quantitative estimate of drug-likeness (QED) is 0.780. The van der Waals surface area contributed by atoms with Crippen LogP contribution in [0, 0.1) is 0 Å². The average Bonchev–Trinajstić information content (AvgIpc) is 2.29. The fraction of sp³-hybridized carbons (Fsp3) is 0.455. The minimum atomic E-state index is 0.508. The Hall–Kier alpha value is -0.810. The molecule has 1 rings (SSSR count). The minimum absolute atomic E-state index is 0.508. The van der Waals surface area contributed by atoms with Gasteiger partial charge in [0, 0.05) is 13.7 Å². The summed E-state index contributed by atoms with van der Waals surface area (Å²) in [6, 6.07) is 3.72. The summed E-state index contributed by atoms with van der Waals surface area (Å²) in [6.45, 7) is 1.08. The number of benzene rings is 1. The molecule has 0 aromatic heterocycles. The van der Waals surface area contributed by atoms with Crippen LogP contribution in [0.4, 0.5) is 0 Å². The van der Waals surface area contributed by atoms with Crippen LogP contribution in [-0.2, 0) is 22.7 Å². The SMILES string of the molecule is COCc1cc(OC)c(Cl)cc1CNOC. The molecular formula is C11H16ClNO3. The van der Waals surface area contributed by atoms with E-state index in [1.165, 1.54) is 0 Å². The standard InChI is InChI=1S/C11H16ClNO3/c1-14-7-9-5-11(15-2)10(12)4-8(9)6-13-16-3/h4-5,13H,6-7H2,1-3H3. The van der Waals surface area contributed by atoms with Crippen molar-refractivity contribution in [3.05, 3.63) is 28.3 Å². The molecule has 0 radical (unpaired) electrons. The molecular weight excluding hydrogens is 230 g/mol. The molecule has 0 saturated heterocycles. The van der Waals surface area contributed by atoms with Gasteiger partial charge in [-0.15, -0.1) is 0 Å². The molecule has 4 nitrogen and oxygen atoms in total. The molecule has 1 aromatic rings. The summed E-state index contributed by atoms with van der Waals surface area (Å²) in [6.07, 6.45) is 0. The van der Waals surface area contributed by atoms with Crippen molar-refractivity contribution in [2.24, 2.45) is 0 Å². The third-order valence-electron chi connectivity index (χ3n) is 2.18. The van der Waals surface area contributed by atoms with Crippen LogP contribution < -0.4 is 10.2 Å². The van der Waals surface area contributed by atoms with Crippen LogP contribution in [0.2, 0.25) is 5.02 Å². The molecule has 0 amide bonds. The van der Waals surface area contributed by atoms with E-state index in [0.29, 0.717) is 23.9 Å². The first-order valence-corrected chi connectivity index (χ1v) is 5.20. The Morgan fingerprint density at radius 1 is 1.19 bits per heavy atom. The van der Waals surface area contributed by atoms with Gasteiger partial charge in [-0.05, 0) is 23.3 Å². The van der Waals surface area contributed by atoms with Gasteiger partial charge in [-0.1, -0.05) is 11.6 Å². The second-order valence-corrected chi connectivity index (χ2v) is 3.62. The van der Waals surface area contributed by atoms with Gasteiger partial charge < -0.3 is 14.3 Å². The maximum Gasteiger partial charge on any atom is 0.137 e. The Morgan fingerprint density at radius 3 is 2.50 bits per heavy atom. The second kappa shape index (κ2) is 6.70.